The van der Waals surface area contributed by atoms with Crippen molar-refractivity contribution in [2.24, 2.45) is 0 Å². The van der Waals surface area contributed by atoms with Crippen LogP contribution in [0.15, 0.2) is 47.6 Å². The van der Waals surface area contributed by atoms with Gasteiger partial charge in [-0.3, -0.25) is 9.69 Å². The Hall–Kier alpha value is -2.42. The Balaban J connectivity index is 1.30. The zero-order valence-electron chi connectivity index (χ0n) is 17.7. The van der Waals surface area contributed by atoms with Crippen LogP contribution in [0, 0.1) is 13.8 Å². The van der Waals surface area contributed by atoms with Crippen molar-refractivity contribution in [3.8, 4) is 5.69 Å². The topological polar surface area (TPSA) is 67.2 Å². The molecule has 0 unspecified atom stereocenters. The van der Waals surface area contributed by atoms with E-state index in [2.05, 4.69) is 39.5 Å². The lowest BCUT2D eigenvalue weighted by Crippen LogP contribution is -2.48. The standard InChI is InChI=1S/C22H25ClN6OS/c1-16-6-7-20(17(2)12-16)29-22(24-25-26-29)31-15-21(30)28-10-8-27(9-11-28)14-18-4-3-5-19(23)13-18/h3-7,12-13H,8-11,14-15H2,1-2H3. The minimum absolute atomic E-state index is 0.114. The fraction of sp³-hybridized carbons (Fsp3) is 0.364. The number of halogens is 1. The quantitative estimate of drug-likeness (QED) is 0.530. The third-order valence-electron chi connectivity index (χ3n) is 5.37. The second kappa shape index (κ2) is 9.80. The average molecular weight is 457 g/mol. The summed E-state index contributed by atoms with van der Waals surface area (Å²) in [4.78, 5) is 17.0. The number of carbonyl (C=O) groups is 1. The van der Waals surface area contributed by atoms with Gasteiger partial charge < -0.3 is 4.90 Å². The van der Waals surface area contributed by atoms with Crippen LogP contribution >= 0.6 is 23.4 Å². The van der Waals surface area contributed by atoms with Crippen LogP contribution in [0.5, 0.6) is 0 Å². The van der Waals surface area contributed by atoms with E-state index in [0.29, 0.717) is 10.9 Å². The molecule has 31 heavy (non-hydrogen) atoms. The summed E-state index contributed by atoms with van der Waals surface area (Å²) in [5.41, 5.74) is 4.41. The van der Waals surface area contributed by atoms with Crippen molar-refractivity contribution in [2.45, 2.75) is 25.5 Å². The molecule has 162 valence electrons. The van der Waals surface area contributed by atoms with Gasteiger partial charge in [0, 0.05) is 37.7 Å². The van der Waals surface area contributed by atoms with E-state index >= 15 is 0 Å². The van der Waals surface area contributed by atoms with Gasteiger partial charge in [-0.2, -0.15) is 4.68 Å². The molecule has 1 saturated heterocycles. The van der Waals surface area contributed by atoms with Crippen molar-refractivity contribution in [3.05, 3.63) is 64.2 Å². The molecule has 1 aliphatic heterocycles. The molecule has 0 spiro atoms. The van der Waals surface area contributed by atoms with E-state index < -0.39 is 0 Å². The average Bonchev–Trinajstić information content (AvgIpc) is 3.21. The number of aryl methyl sites for hydroxylation is 2. The zero-order valence-corrected chi connectivity index (χ0v) is 19.2. The monoisotopic (exact) mass is 456 g/mol. The lowest BCUT2D eigenvalue weighted by atomic mass is 10.1. The smallest absolute Gasteiger partial charge is 0.233 e. The number of amides is 1. The maximum absolute atomic E-state index is 12.8. The van der Waals surface area contributed by atoms with E-state index in [1.165, 1.54) is 22.9 Å². The van der Waals surface area contributed by atoms with E-state index in [-0.39, 0.29) is 5.91 Å². The Morgan fingerprint density at radius 1 is 1.10 bits per heavy atom. The van der Waals surface area contributed by atoms with Gasteiger partial charge in [-0.25, -0.2) is 0 Å². The molecule has 2 heterocycles. The Morgan fingerprint density at radius 2 is 1.90 bits per heavy atom. The van der Waals surface area contributed by atoms with Gasteiger partial charge in [-0.05, 0) is 53.6 Å². The third kappa shape index (κ3) is 5.44. The highest BCUT2D eigenvalue weighted by Crippen LogP contribution is 2.22. The maximum atomic E-state index is 12.8. The van der Waals surface area contributed by atoms with Crippen LogP contribution in [-0.2, 0) is 11.3 Å². The van der Waals surface area contributed by atoms with Crippen molar-refractivity contribution < 1.29 is 4.79 Å². The first-order valence-electron chi connectivity index (χ1n) is 10.2. The van der Waals surface area contributed by atoms with Crippen molar-refractivity contribution >= 4 is 29.3 Å². The first-order valence-corrected chi connectivity index (χ1v) is 11.6. The molecule has 9 heteroatoms. The Bertz CT molecular complexity index is 1060. The molecule has 0 aliphatic carbocycles. The van der Waals surface area contributed by atoms with Gasteiger partial charge >= 0.3 is 0 Å². The Morgan fingerprint density at radius 3 is 2.65 bits per heavy atom. The van der Waals surface area contributed by atoms with Crippen LogP contribution in [0.2, 0.25) is 5.02 Å². The molecule has 0 N–H and O–H groups in total. The van der Waals surface area contributed by atoms with Gasteiger partial charge in [0.05, 0.1) is 11.4 Å². The molecule has 1 aliphatic rings. The summed E-state index contributed by atoms with van der Waals surface area (Å²) < 4.78 is 1.70. The van der Waals surface area contributed by atoms with Gasteiger partial charge in [0.15, 0.2) is 0 Å². The predicted molar refractivity (Wildman–Crippen MR) is 123 cm³/mol. The van der Waals surface area contributed by atoms with E-state index in [1.807, 2.05) is 42.2 Å². The number of carbonyl (C=O) groups excluding carboxylic acids is 1. The van der Waals surface area contributed by atoms with Gasteiger partial charge in [0.2, 0.25) is 11.1 Å². The normalized spacial score (nSPS) is 14.7. The highest BCUT2D eigenvalue weighted by molar-refractivity contribution is 7.99. The number of benzene rings is 2. The SMILES string of the molecule is Cc1ccc(-n2nnnc2SCC(=O)N2CCN(Cc3cccc(Cl)c3)CC2)c(C)c1. The minimum Gasteiger partial charge on any atom is -0.339 e. The summed E-state index contributed by atoms with van der Waals surface area (Å²) in [5.74, 6) is 0.433. The fourth-order valence-electron chi connectivity index (χ4n) is 3.73. The van der Waals surface area contributed by atoms with Crippen LogP contribution in [0.25, 0.3) is 5.69 Å². The summed E-state index contributed by atoms with van der Waals surface area (Å²) in [5, 5.41) is 13.4. The van der Waals surface area contributed by atoms with Crippen LogP contribution < -0.4 is 0 Å². The molecule has 0 saturated carbocycles. The Labute approximate surface area is 191 Å². The molecule has 4 rings (SSSR count). The highest BCUT2D eigenvalue weighted by atomic mass is 35.5. The molecular weight excluding hydrogens is 432 g/mol. The zero-order chi connectivity index (χ0) is 21.8. The largest absolute Gasteiger partial charge is 0.339 e. The van der Waals surface area contributed by atoms with Crippen molar-refractivity contribution in [2.75, 3.05) is 31.9 Å². The van der Waals surface area contributed by atoms with Crippen LogP contribution in [0.1, 0.15) is 16.7 Å². The van der Waals surface area contributed by atoms with Crippen molar-refractivity contribution in [1.82, 2.24) is 30.0 Å². The lowest BCUT2D eigenvalue weighted by molar-refractivity contribution is -0.130. The number of thioether (sulfide) groups is 1. The van der Waals surface area contributed by atoms with Crippen molar-refractivity contribution in [3.63, 3.8) is 0 Å². The molecule has 1 fully saturated rings. The van der Waals surface area contributed by atoms with Crippen LogP contribution in [0.3, 0.4) is 0 Å². The summed E-state index contributed by atoms with van der Waals surface area (Å²) in [6.45, 7) is 8.09. The number of tetrazole rings is 1. The van der Waals surface area contributed by atoms with E-state index in [9.17, 15) is 4.79 Å². The van der Waals surface area contributed by atoms with Gasteiger partial charge in [-0.15, -0.1) is 5.10 Å². The first-order chi connectivity index (χ1) is 15.0. The summed E-state index contributed by atoms with van der Waals surface area (Å²) >= 11 is 7.46. The minimum atomic E-state index is 0.114. The fourth-order valence-corrected chi connectivity index (χ4v) is 4.73. The summed E-state index contributed by atoms with van der Waals surface area (Å²) in [6.07, 6.45) is 0. The van der Waals surface area contributed by atoms with Crippen LogP contribution in [0.4, 0.5) is 0 Å². The molecule has 1 aromatic heterocycles. The van der Waals surface area contributed by atoms with E-state index in [4.69, 9.17) is 11.6 Å². The van der Waals surface area contributed by atoms with Gasteiger partial charge in [-0.1, -0.05) is 53.2 Å². The number of nitrogens with zero attached hydrogens (tertiary/aromatic N) is 6. The highest BCUT2D eigenvalue weighted by Gasteiger charge is 2.22. The molecule has 0 atom stereocenters. The van der Waals surface area contributed by atoms with E-state index in [0.717, 1.165) is 49.0 Å². The molecule has 7 nitrogen and oxygen atoms in total. The summed E-state index contributed by atoms with van der Waals surface area (Å²) in [7, 11) is 0. The van der Waals surface area contributed by atoms with Crippen LogP contribution in [-0.4, -0.2) is 67.8 Å². The summed E-state index contributed by atoms with van der Waals surface area (Å²) in [6, 6.07) is 14.1. The molecule has 2 aromatic carbocycles. The van der Waals surface area contributed by atoms with Gasteiger partial charge in [0.1, 0.15) is 0 Å². The lowest BCUT2D eigenvalue weighted by Gasteiger charge is -2.34. The Kier molecular flexibility index (Phi) is 6.89. The maximum Gasteiger partial charge on any atom is 0.233 e. The second-order valence-electron chi connectivity index (χ2n) is 7.74. The van der Waals surface area contributed by atoms with Gasteiger partial charge in [0.25, 0.3) is 0 Å². The number of aromatic nitrogens is 4. The van der Waals surface area contributed by atoms with Crippen molar-refractivity contribution in [1.29, 1.82) is 0 Å². The van der Waals surface area contributed by atoms with E-state index in [1.54, 1.807) is 4.68 Å². The predicted octanol–water partition coefficient (Wildman–Crippen LogP) is 3.37. The number of hydrogen-bond donors (Lipinski definition) is 0. The second-order valence-corrected chi connectivity index (χ2v) is 9.12. The molecule has 1 amide bonds. The number of piperazine rings is 1. The molecule has 0 bridgehead atoms. The molecule has 0 radical (unpaired) electrons. The number of rotatable bonds is 6. The first kappa shape index (κ1) is 21.8. The third-order valence-corrected chi connectivity index (χ3v) is 6.51. The molecular formula is C22H25ClN6OS. The molecule has 3 aromatic rings. The number of hydrogen-bond acceptors (Lipinski definition) is 6.